The van der Waals surface area contributed by atoms with Gasteiger partial charge in [0.25, 0.3) is 0 Å². The Balaban J connectivity index is 2.76. The zero-order valence-corrected chi connectivity index (χ0v) is 26.1. The number of benzene rings is 1. The lowest BCUT2D eigenvalue weighted by Gasteiger charge is -2.23. The molecule has 3 atom stereocenters. The maximum Gasteiger partial charge on any atom is 0.408 e. The molecule has 0 saturated carbocycles. The predicted octanol–water partition coefficient (Wildman–Crippen LogP) is 3.73. The smallest absolute Gasteiger partial charge is 0.408 e. The highest BCUT2D eigenvalue weighted by molar-refractivity contribution is 8.76. The minimum absolute atomic E-state index is 0.138. The lowest BCUT2D eigenvalue weighted by molar-refractivity contribution is -0.146. The Morgan fingerprint density at radius 3 is 1.82 bits per heavy atom. The summed E-state index contributed by atoms with van der Waals surface area (Å²) < 4.78 is 26.0. The average molecular weight is 603 g/mol. The fourth-order valence-electron chi connectivity index (χ4n) is 3.17. The van der Waals surface area contributed by atoms with Crippen LogP contribution in [0.15, 0.2) is 24.3 Å². The van der Waals surface area contributed by atoms with Gasteiger partial charge in [-0.25, -0.2) is 14.4 Å². The molecule has 1 rings (SSSR count). The van der Waals surface area contributed by atoms with Crippen molar-refractivity contribution in [2.75, 3.05) is 32.8 Å². The number of hydrogen-bond acceptors (Lipinski definition) is 11. The van der Waals surface area contributed by atoms with Gasteiger partial charge in [-0.1, -0.05) is 47.6 Å². The van der Waals surface area contributed by atoms with Gasteiger partial charge >= 0.3 is 18.0 Å². The third-order valence-corrected chi connectivity index (χ3v) is 7.54. The SMILES string of the molecule is COC(=O)[C@H](CSSC[C@H](NC(=O)[C@H](CC(C)C)OCc1ccc(OC)cc1)C(=O)OC)NC(=O)OC(C)(C)C. The molecule has 0 bridgehead atoms. The van der Waals surface area contributed by atoms with E-state index in [2.05, 4.69) is 10.6 Å². The van der Waals surface area contributed by atoms with Crippen molar-refractivity contribution in [2.24, 2.45) is 5.92 Å². The lowest BCUT2D eigenvalue weighted by Crippen LogP contribution is -2.48. The van der Waals surface area contributed by atoms with Crippen molar-refractivity contribution >= 4 is 45.5 Å². The third-order valence-electron chi connectivity index (χ3n) is 5.12. The molecule has 1 aromatic carbocycles. The standard InChI is InChI=1S/C27H42N2O9S2/c1-17(2)13-22(37-14-18-9-11-19(34-6)12-10-18)23(30)28-20(24(31)35-7)15-39-40-16-21(25(32)36-8)29-26(33)38-27(3,4)5/h9-12,17,20-22H,13-16H2,1-8H3,(H,28,30)(H,29,33)/t20-,21-,22-/m0/s1. The second kappa shape index (κ2) is 17.9. The quantitative estimate of drug-likeness (QED) is 0.124. The summed E-state index contributed by atoms with van der Waals surface area (Å²) in [5.74, 6) is -0.507. The molecule has 0 fully saturated rings. The molecule has 11 nitrogen and oxygen atoms in total. The Labute approximate surface area is 244 Å². The van der Waals surface area contributed by atoms with Crippen molar-refractivity contribution in [1.82, 2.24) is 10.6 Å². The zero-order valence-electron chi connectivity index (χ0n) is 24.4. The molecule has 0 unspecified atom stereocenters. The van der Waals surface area contributed by atoms with E-state index in [0.717, 1.165) is 11.3 Å². The van der Waals surface area contributed by atoms with Gasteiger partial charge in [0.1, 0.15) is 29.5 Å². The van der Waals surface area contributed by atoms with Gasteiger partial charge < -0.3 is 34.3 Å². The molecule has 40 heavy (non-hydrogen) atoms. The molecule has 2 amide bonds. The van der Waals surface area contributed by atoms with Gasteiger partial charge in [0.15, 0.2) is 0 Å². The van der Waals surface area contributed by atoms with Crippen LogP contribution in [0, 0.1) is 5.92 Å². The van der Waals surface area contributed by atoms with Crippen LogP contribution in [0.1, 0.15) is 46.6 Å². The number of rotatable bonds is 16. The van der Waals surface area contributed by atoms with Gasteiger partial charge in [0.05, 0.1) is 27.9 Å². The van der Waals surface area contributed by atoms with E-state index in [1.165, 1.54) is 35.8 Å². The molecule has 0 heterocycles. The summed E-state index contributed by atoms with van der Waals surface area (Å²) in [5.41, 5.74) is 0.142. The predicted molar refractivity (Wildman–Crippen MR) is 155 cm³/mol. The zero-order chi connectivity index (χ0) is 30.3. The second-order valence-corrected chi connectivity index (χ2v) is 12.7. The van der Waals surface area contributed by atoms with E-state index in [0.29, 0.717) is 6.42 Å². The number of carbonyl (C=O) groups is 4. The van der Waals surface area contributed by atoms with Crippen LogP contribution in [0.2, 0.25) is 0 Å². The first-order chi connectivity index (χ1) is 18.8. The number of ether oxygens (including phenoxy) is 5. The van der Waals surface area contributed by atoms with Gasteiger partial charge in [-0.05, 0) is 50.8 Å². The first-order valence-electron chi connectivity index (χ1n) is 12.7. The largest absolute Gasteiger partial charge is 0.497 e. The minimum Gasteiger partial charge on any atom is -0.497 e. The van der Waals surface area contributed by atoms with Gasteiger partial charge in [0.2, 0.25) is 5.91 Å². The molecule has 0 aromatic heterocycles. The summed E-state index contributed by atoms with van der Waals surface area (Å²) in [6, 6.07) is 5.41. The van der Waals surface area contributed by atoms with E-state index in [1.807, 2.05) is 38.1 Å². The highest BCUT2D eigenvalue weighted by atomic mass is 33.1. The Kier molecular flexibility index (Phi) is 15.9. The van der Waals surface area contributed by atoms with Crippen LogP contribution in [0.25, 0.3) is 0 Å². The third kappa shape index (κ3) is 14.1. The Morgan fingerprint density at radius 1 is 0.850 bits per heavy atom. The second-order valence-electron chi connectivity index (χ2n) is 10.2. The molecule has 1 aromatic rings. The van der Waals surface area contributed by atoms with Crippen molar-refractivity contribution in [3.8, 4) is 5.75 Å². The molecular weight excluding hydrogens is 560 g/mol. The van der Waals surface area contributed by atoms with Crippen molar-refractivity contribution < 1.29 is 42.9 Å². The van der Waals surface area contributed by atoms with Crippen molar-refractivity contribution in [3.05, 3.63) is 29.8 Å². The molecule has 2 N–H and O–H groups in total. The molecule has 0 saturated heterocycles. The number of alkyl carbamates (subject to hydrolysis) is 1. The molecular formula is C27H42N2O9S2. The number of amides is 2. The van der Waals surface area contributed by atoms with Gasteiger partial charge in [-0.2, -0.15) is 0 Å². The van der Waals surface area contributed by atoms with E-state index in [4.69, 9.17) is 23.7 Å². The molecule has 0 spiro atoms. The van der Waals surface area contributed by atoms with Gasteiger partial charge in [0, 0.05) is 11.5 Å². The monoisotopic (exact) mass is 602 g/mol. The number of methoxy groups -OCH3 is 3. The molecule has 0 aliphatic heterocycles. The van der Waals surface area contributed by atoms with E-state index >= 15 is 0 Å². The first kappa shape index (κ1) is 35.4. The fourth-order valence-corrected chi connectivity index (χ4v) is 5.46. The summed E-state index contributed by atoms with van der Waals surface area (Å²) in [5, 5.41) is 5.22. The minimum atomic E-state index is -0.967. The van der Waals surface area contributed by atoms with Crippen molar-refractivity contribution in [2.45, 2.75) is 71.4 Å². The maximum absolute atomic E-state index is 13.1. The van der Waals surface area contributed by atoms with Crippen LogP contribution >= 0.6 is 21.6 Å². The summed E-state index contributed by atoms with van der Waals surface area (Å²) in [6.07, 6.45) is -1.08. The summed E-state index contributed by atoms with van der Waals surface area (Å²) in [7, 11) is 6.50. The van der Waals surface area contributed by atoms with E-state index < -0.39 is 47.7 Å². The number of carbonyl (C=O) groups excluding carboxylic acids is 4. The molecule has 0 aliphatic rings. The highest BCUT2D eigenvalue weighted by Gasteiger charge is 2.29. The van der Waals surface area contributed by atoms with Crippen LogP contribution in [0.5, 0.6) is 5.75 Å². The van der Waals surface area contributed by atoms with Gasteiger partial charge in [-0.3, -0.25) is 4.79 Å². The van der Waals surface area contributed by atoms with Crippen LogP contribution in [0.3, 0.4) is 0 Å². The Hall–Kier alpha value is -2.64. The summed E-state index contributed by atoms with van der Waals surface area (Å²) in [4.78, 5) is 49.8. The van der Waals surface area contributed by atoms with E-state index in [1.54, 1.807) is 27.9 Å². The van der Waals surface area contributed by atoms with E-state index in [9.17, 15) is 19.2 Å². The topological polar surface area (TPSA) is 138 Å². The fraction of sp³-hybridized carbons (Fsp3) is 0.630. The van der Waals surface area contributed by atoms with Crippen LogP contribution in [-0.4, -0.2) is 80.6 Å². The van der Waals surface area contributed by atoms with Crippen LogP contribution in [-0.2, 0) is 39.9 Å². The molecule has 226 valence electrons. The number of esters is 2. The lowest BCUT2D eigenvalue weighted by atomic mass is 10.0. The highest BCUT2D eigenvalue weighted by Crippen LogP contribution is 2.24. The Morgan fingerprint density at radius 2 is 1.38 bits per heavy atom. The van der Waals surface area contributed by atoms with Crippen molar-refractivity contribution in [3.63, 3.8) is 0 Å². The molecule has 0 radical (unpaired) electrons. The number of hydrogen-bond donors (Lipinski definition) is 2. The average Bonchev–Trinajstić information content (AvgIpc) is 2.89. The van der Waals surface area contributed by atoms with E-state index in [-0.39, 0.29) is 24.0 Å². The normalized spacial score (nSPS) is 13.5. The number of nitrogens with one attached hydrogen (secondary N) is 2. The van der Waals surface area contributed by atoms with Crippen LogP contribution < -0.4 is 15.4 Å². The first-order valence-corrected chi connectivity index (χ1v) is 15.2. The summed E-state index contributed by atoms with van der Waals surface area (Å²) >= 11 is 0. The summed E-state index contributed by atoms with van der Waals surface area (Å²) in [6.45, 7) is 9.29. The molecule has 0 aliphatic carbocycles. The Bertz CT molecular complexity index is 952. The van der Waals surface area contributed by atoms with Gasteiger partial charge in [-0.15, -0.1) is 0 Å². The molecule has 13 heteroatoms. The maximum atomic E-state index is 13.1. The van der Waals surface area contributed by atoms with Crippen LogP contribution in [0.4, 0.5) is 4.79 Å². The van der Waals surface area contributed by atoms with Crippen molar-refractivity contribution in [1.29, 1.82) is 0 Å².